The Morgan fingerprint density at radius 3 is 2.31 bits per heavy atom. The molecule has 6 nitrogen and oxygen atoms in total. The van der Waals surface area contributed by atoms with Gasteiger partial charge in [0.25, 0.3) is 11.5 Å². The predicted molar refractivity (Wildman–Crippen MR) is 99.9 cm³/mol. The summed E-state index contributed by atoms with van der Waals surface area (Å²) >= 11 is 0. The minimum absolute atomic E-state index is 0.165. The lowest BCUT2D eigenvalue weighted by atomic mass is 10.1. The second-order valence-corrected chi connectivity index (χ2v) is 5.97. The Morgan fingerprint density at radius 1 is 1.00 bits per heavy atom. The van der Waals surface area contributed by atoms with Crippen molar-refractivity contribution in [3.63, 3.8) is 0 Å². The number of hydrogen-bond acceptors (Lipinski definition) is 4. The quantitative estimate of drug-likeness (QED) is 0.766. The Labute approximate surface area is 151 Å². The molecule has 1 heterocycles. The molecule has 1 amide bonds. The molecule has 0 saturated carbocycles. The Balaban J connectivity index is 1.83. The smallest absolute Gasteiger partial charge is 0.253 e. The summed E-state index contributed by atoms with van der Waals surface area (Å²) in [5, 5.41) is 0.880. The van der Waals surface area contributed by atoms with Gasteiger partial charge in [-0.15, -0.1) is 0 Å². The van der Waals surface area contributed by atoms with Crippen LogP contribution in [0.1, 0.15) is 15.9 Å². The lowest BCUT2D eigenvalue weighted by Gasteiger charge is -2.17. The molecule has 0 bridgehead atoms. The molecule has 0 saturated heterocycles. The highest BCUT2D eigenvalue weighted by molar-refractivity contribution is 5.94. The van der Waals surface area contributed by atoms with Crippen molar-refractivity contribution in [2.75, 3.05) is 21.3 Å². The van der Waals surface area contributed by atoms with E-state index in [0.29, 0.717) is 28.1 Å². The molecule has 3 aromatic rings. The van der Waals surface area contributed by atoms with Crippen molar-refractivity contribution in [3.05, 3.63) is 70.0 Å². The number of aromatic amines is 1. The molecule has 1 aromatic heterocycles. The fourth-order valence-corrected chi connectivity index (χ4v) is 2.75. The maximum atomic E-state index is 12.6. The number of carbonyl (C=O) groups is 1. The second-order valence-electron chi connectivity index (χ2n) is 5.97. The summed E-state index contributed by atoms with van der Waals surface area (Å²) in [6, 6.07) is 14.1. The zero-order valence-electron chi connectivity index (χ0n) is 14.9. The average molecular weight is 352 g/mol. The highest BCUT2D eigenvalue weighted by atomic mass is 16.5. The Hall–Kier alpha value is -3.28. The number of pyridine rings is 1. The summed E-state index contributed by atoms with van der Waals surface area (Å²) in [7, 11) is 4.82. The SMILES string of the molecule is COc1ccc(C(=O)N(C)Cc2cc3ccc(OC)cc3[nH]c2=O)cc1. The van der Waals surface area contributed by atoms with Crippen LogP contribution in [0.4, 0.5) is 0 Å². The van der Waals surface area contributed by atoms with Gasteiger partial charge in [0.15, 0.2) is 0 Å². The number of nitrogens with one attached hydrogen (secondary N) is 1. The average Bonchev–Trinajstić information content (AvgIpc) is 2.67. The second kappa shape index (κ2) is 7.31. The first-order valence-electron chi connectivity index (χ1n) is 8.11. The van der Waals surface area contributed by atoms with Gasteiger partial charge in [-0.3, -0.25) is 9.59 Å². The van der Waals surface area contributed by atoms with Crippen molar-refractivity contribution in [2.24, 2.45) is 0 Å². The molecule has 0 aliphatic rings. The van der Waals surface area contributed by atoms with Gasteiger partial charge < -0.3 is 19.4 Å². The Bertz CT molecular complexity index is 993. The molecular formula is C20H20N2O4. The van der Waals surface area contributed by atoms with Crippen LogP contribution in [0.5, 0.6) is 11.5 Å². The number of fused-ring (bicyclic) bond motifs is 1. The van der Waals surface area contributed by atoms with E-state index in [1.54, 1.807) is 57.7 Å². The highest BCUT2D eigenvalue weighted by Crippen LogP contribution is 2.19. The van der Waals surface area contributed by atoms with E-state index in [9.17, 15) is 9.59 Å². The van der Waals surface area contributed by atoms with Gasteiger partial charge in [-0.2, -0.15) is 0 Å². The topological polar surface area (TPSA) is 71.6 Å². The van der Waals surface area contributed by atoms with Crippen LogP contribution in [-0.4, -0.2) is 37.1 Å². The third-order valence-corrected chi connectivity index (χ3v) is 4.22. The van der Waals surface area contributed by atoms with E-state index >= 15 is 0 Å². The zero-order valence-corrected chi connectivity index (χ0v) is 14.9. The van der Waals surface area contributed by atoms with Crippen molar-refractivity contribution in [1.82, 2.24) is 9.88 Å². The van der Waals surface area contributed by atoms with Gasteiger partial charge in [0.05, 0.1) is 26.3 Å². The van der Waals surface area contributed by atoms with Crippen molar-refractivity contribution >= 4 is 16.8 Å². The maximum absolute atomic E-state index is 12.6. The van der Waals surface area contributed by atoms with Crippen molar-refractivity contribution in [1.29, 1.82) is 0 Å². The number of ether oxygens (including phenoxy) is 2. The monoisotopic (exact) mass is 352 g/mol. The van der Waals surface area contributed by atoms with Crippen molar-refractivity contribution in [3.8, 4) is 11.5 Å². The van der Waals surface area contributed by atoms with Gasteiger partial charge >= 0.3 is 0 Å². The van der Waals surface area contributed by atoms with Crippen LogP contribution >= 0.6 is 0 Å². The number of hydrogen-bond donors (Lipinski definition) is 1. The first kappa shape index (κ1) is 17.5. The maximum Gasteiger partial charge on any atom is 0.253 e. The standard InChI is InChI=1S/C20H20N2O4/c1-22(20(24)13-4-7-16(25-2)8-5-13)12-15-10-14-6-9-17(26-3)11-18(14)21-19(15)23/h4-11H,12H2,1-3H3,(H,21,23). The van der Waals surface area contributed by atoms with Gasteiger partial charge in [0, 0.05) is 24.2 Å². The molecule has 0 aliphatic heterocycles. The Kier molecular flexibility index (Phi) is 4.93. The van der Waals surface area contributed by atoms with Gasteiger partial charge in [-0.25, -0.2) is 0 Å². The van der Waals surface area contributed by atoms with E-state index in [-0.39, 0.29) is 18.0 Å². The molecule has 0 fully saturated rings. The number of carbonyl (C=O) groups excluding carboxylic acids is 1. The van der Waals surface area contributed by atoms with Crippen LogP contribution in [0.15, 0.2) is 53.3 Å². The summed E-state index contributed by atoms with van der Waals surface area (Å²) < 4.78 is 10.3. The zero-order chi connectivity index (χ0) is 18.7. The number of aromatic nitrogens is 1. The normalized spacial score (nSPS) is 10.6. The van der Waals surface area contributed by atoms with Crippen LogP contribution in [0.3, 0.4) is 0 Å². The predicted octanol–water partition coefficient (Wildman–Crippen LogP) is 2.82. The number of nitrogens with zero attached hydrogens (tertiary/aromatic N) is 1. The lowest BCUT2D eigenvalue weighted by Crippen LogP contribution is -2.29. The van der Waals surface area contributed by atoms with Gasteiger partial charge in [-0.1, -0.05) is 0 Å². The molecule has 26 heavy (non-hydrogen) atoms. The Morgan fingerprint density at radius 2 is 1.65 bits per heavy atom. The van der Waals surface area contributed by atoms with Gasteiger partial charge in [-0.05, 0) is 47.9 Å². The molecule has 2 aromatic carbocycles. The number of amides is 1. The molecular weight excluding hydrogens is 332 g/mol. The van der Waals surface area contributed by atoms with Crippen molar-refractivity contribution in [2.45, 2.75) is 6.54 Å². The van der Waals surface area contributed by atoms with E-state index in [0.717, 1.165) is 5.39 Å². The number of methoxy groups -OCH3 is 2. The van der Waals surface area contributed by atoms with Crippen LogP contribution in [0.2, 0.25) is 0 Å². The van der Waals surface area contributed by atoms with Gasteiger partial charge in [0.1, 0.15) is 11.5 Å². The van der Waals surface area contributed by atoms with Crippen molar-refractivity contribution < 1.29 is 14.3 Å². The molecule has 6 heteroatoms. The van der Waals surface area contributed by atoms with E-state index in [4.69, 9.17) is 9.47 Å². The number of benzene rings is 2. The van der Waals surface area contributed by atoms with E-state index < -0.39 is 0 Å². The summed E-state index contributed by atoms with van der Waals surface area (Å²) in [4.78, 5) is 29.3. The van der Waals surface area contributed by atoms with E-state index in [1.807, 2.05) is 12.1 Å². The summed E-state index contributed by atoms with van der Waals surface area (Å²) in [5.41, 5.74) is 1.53. The van der Waals surface area contributed by atoms with E-state index in [1.165, 1.54) is 4.90 Å². The molecule has 0 radical (unpaired) electrons. The molecule has 3 rings (SSSR count). The summed E-state index contributed by atoms with van der Waals surface area (Å²) in [6.45, 7) is 0.210. The first-order valence-corrected chi connectivity index (χ1v) is 8.11. The van der Waals surface area contributed by atoms with E-state index in [2.05, 4.69) is 4.98 Å². The molecule has 1 N–H and O–H groups in total. The molecule has 0 atom stereocenters. The highest BCUT2D eigenvalue weighted by Gasteiger charge is 2.14. The lowest BCUT2D eigenvalue weighted by molar-refractivity contribution is 0.0784. The third kappa shape index (κ3) is 3.54. The van der Waals surface area contributed by atoms with Crippen LogP contribution in [-0.2, 0) is 6.54 Å². The largest absolute Gasteiger partial charge is 0.497 e. The first-order chi connectivity index (χ1) is 12.5. The molecule has 134 valence electrons. The summed E-state index contributed by atoms with van der Waals surface area (Å²) in [6.07, 6.45) is 0. The fraction of sp³-hybridized carbons (Fsp3) is 0.200. The fourth-order valence-electron chi connectivity index (χ4n) is 2.75. The van der Waals surface area contributed by atoms with Gasteiger partial charge in [0.2, 0.25) is 0 Å². The van der Waals surface area contributed by atoms with Crippen LogP contribution < -0.4 is 15.0 Å². The minimum Gasteiger partial charge on any atom is -0.497 e. The molecule has 0 spiro atoms. The summed E-state index contributed by atoms with van der Waals surface area (Å²) in [5.74, 6) is 1.19. The van der Waals surface area contributed by atoms with Crippen LogP contribution in [0.25, 0.3) is 10.9 Å². The minimum atomic E-state index is -0.222. The molecule has 0 aliphatic carbocycles. The molecule has 0 unspecified atom stereocenters. The number of rotatable bonds is 5. The number of H-pyrrole nitrogens is 1. The van der Waals surface area contributed by atoms with Crippen LogP contribution in [0, 0.1) is 0 Å². The third-order valence-electron chi connectivity index (χ3n) is 4.22.